The standard InChI is InChI=1S/C17H16Cl2N2O3/c1-24-17(23)14(9-10-5-7-11(20)8-6-10)21-16(22)15-12(18)3-2-4-13(15)19/h2-8,14H,9,20H2,1H3,(H,21,22)/t14-/m0/s1. The van der Waals surface area contributed by atoms with Crippen molar-refractivity contribution in [2.75, 3.05) is 12.8 Å². The van der Waals surface area contributed by atoms with Gasteiger partial charge < -0.3 is 15.8 Å². The van der Waals surface area contributed by atoms with Gasteiger partial charge in [-0.1, -0.05) is 41.4 Å². The highest BCUT2D eigenvalue weighted by molar-refractivity contribution is 6.39. The van der Waals surface area contributed by atoms with Crippen LogP contribution in [0, 0.1) is 0 Å². The molecule has 0 aliphatic heterocycles. The largest absolute Gasteiger partial charge is 0.467 e. The molecule has 2 aromatic rings. The number of halogens is 2. The van der Waals surface area contributed by atoms with Gasteiger partial charge in [-0.25, -0.2) is 4.79 Å². The number of carbonyl (C=O) groups excluding carboxylic acids is 2. The van der Waals surface area contributed by atoms with Crippen LogP contribution in [0.2, 0.25) is 10.0 Å². The lowest BCUT2D eigenvalue weighted by Crippen LogP contribution is -2.43. The zero-order valence-electron chi connectivity index (χ0n) is 12.9. The van der Waals surface area contributed by atoms with E-state index in [0.29, 0.717) is 5.69 Å². The average molecular weight is 367 g/mol. The van der Waals surface area contributed by atoms with Crippen molar-refractivity contribution in [3.8, 4) is 0 Å². The van der Waals surface area contributed by atoms with E-state index in [1.165, 1.54) is 7.11 Å². The molecule has 126 valence electrons. The van der Waals surface area contributed by atoms with Crippen molar-refractivity contribution in [3.05, 3.63) is 63.6 Å². The minimum absolute atomic E-state index is 0.118. The van der Waals surface area contributed by atoms with Crippen LogP contribution < -0.4 is 11.1 Å². The van der Waals surface area contributed by atoms with Crippen LogP contribution in [0.25, 0.3) is 0 Å². The number of rotatable bonds is 5. The maximum atomic E-state index is 12.5. The summed E-state index contributed by atoms with van der Waals surface area (Å²) in [5.74, 6) is -1.11. The second-order valence-corrected chi connectivity index (χ2v) is 5.91. The summed E-state index contributed by atoms with van der Waals surface area (Å²) in [6, 6.07) is 10.9. The van der Waals surface area contributed by atoms with E-state index in [2.05, 4.69) is 5.32 Å². The fourth-order valence-corrected chi connectivity index (χ4v) is 2.74. The molecule has 0 bridgehead atoms. The Morgan fingerprint density at radius 2 is 1.71 bits per heavy atom. The molecule has 7 heteroatoms. The highest BCUT2D eigenvalue weighted by atomic mass is 35.5. The van der Waals surface area contributed by atoms with Gasteiger partial charge in [0.15, 0.2) is 0 Å². The molecular formula is C17H16Cl2N2O3. The number of ether oxygens (including phenoxy) is 1. The Labute approximate surface area is 149 Å². The van der Waals surface area contributed by atoms with Crippen molar-refractivity contribution in [1.29, 1.82) is 0 Å². The zero-order chi connectivity index (χ0) is 17.7. The maximum absolute atomic E-state index is 12.5. The third kappa shape index (κ3) is 4.40. The number of anilines is 1. The SMILES string of the molecule is COC(=O)[C@H](Cc1ccc(N)cc1)NC(=O)c1c(Cl)cccc1Cl. The van der Waals surface area contributed by atoms with Crippen LogP contribution >= 0.6 is 23.2 Å². The highest BCUT2D eigenvalue weighted by Gasteiger charge is 2.24. The van der Waals surface area contributed by atoms with E-state index in [4.69, 9.17) is 33.7 Å². The van der Waals surface area contributed by atoms with Crippen molar-refractivity contribution < 1.29 is 14.3 Å². The average Bonchev–Trinajstić information content (AvgIpc) is 2.55. The third-order valence-corrected chi connectivity index (χ3v) is 4.03. The number of nitrogen functional groups attached to an aromatic ring is 1. The molecule has 0 aromatic heterocycles. The van der Waals surface area contributed by atoms with Gasteiger partial charge in [-0.3, -0.25) is 4.79 Å². The van der Waals surface area contributed by atoms with E-state index in [9.17, 15) is 9.59 Å². The Kier molecular flexibility index (Phi) is 6.06. The normalized spacial score (nSPS) is 11.6. The highest BCUT2D eigenvalue weighted by Crippen LogP contribution is 2.24. The van der Waals surface area contributed by atoms with Gasteiger partial charge in [0, 0.05) is 12.1 Å². The summed E-state index contributed by atoms with van der Waals surface area (Å²) in [7, 11) is 1.26. The van der Waals surface area contributed by atoms with E-state index in [1.807, 2.05) is 0 Å². The first-order valence-corrected chi connectivity index (χ1v) is 7.85. The minimum atomic E-state index is -0.876. The van der Waals surface area contributed by atoms with Crippen LogP contribution in [0.3, 0.4) is 0 Å². The quantitative estimate of drug-likeness (QED) is 0.629. The van der Waals surface area contributed by atoms with E-state index < -0.39 is 17.9 Å². The molecule has 2 aromatic carbocycles. The summed E-state index contributed by atoms with van der Waals surface area (Å²) in [6.07, 6.45) is 0.251. The summed E-state index contributed by atoms with van der Waals surface area (Å²) in [4.78, 5) is 24.4. The Hall–Kier alpha value is -2.24. The number of esters is 1. The molecule has 0 spiro atoms. The van der Waals surface area contributed by atoms with E-state index in [0.717, 1.165) is 5.56 Å². The lowest BCUT2D eigenvalue weighted by Gasteiger charge is -2.17. The molecule has 0 aliphatic rings. The molecule has 0 unspecified atom stereocenters. The molecule has 1 amide bonds. The number of hydrogen-bond donors (Lipinski definition) is 2. The molecule has 0 radical (unpaired) electrons. The van der Waals surface area contributed by atoms with Crippen molar-refractivity contribution in [2.45, 2.75) is 12.5 Å². The molecular weight excluding hydrogens is 351 g/mol. The second-order valence-electron chi connectivity index (χ2n) is 5.09. The smallest absolute Gasteiger partial charge is 0.328 e. The van der Waals surface area contributed by atoms with Gasteiger partial charge >= 0.3 is 5.97 Å². The predicted octanol–water partition coefficient (Wildman–Crippen LogP) is 3.09. The summed E-state index contributed by atoms with van der Waals surface area (Å²) in [5, 5.41) is 3.02. The number of methoxy groups -OCH3 is 1. The third-order valence-electron chi connectivity index (χ3n) is 3.40. The number of hydrogen-bond acceptors (Lipinski definition) is 4. The molecule has 2 rings (SSSR count). The van der Waals surface area contributed by atoms with Crippen LogP contribution in [0.5, 0.6) is 0 Å². The van der Waals surface area contributed by atoms with Gasteiger partial charge in [-0.15, -0.1) is 0 Å². The van der Waals surface area contributed by atoms with Crippen molar-refractivity contribution >= 4 is 40.8 Å². The number of nitrogens with two attached hydrogens (primary N) is 1. The number of carbonyl (C=O) groups is 2. The molecule has 5 nitrogen and oxygen atoms in total. The first kappa shape index (κ1) is 18.1. The molecule has 1 atom stereocenters. The molecule has 3 N–H and O–H groups in total. The molecule has 0 aliphatic carbocycles. The van der Waals surface area contributed by atoms with Crippen LogP contribution in [-0.4, -0.2) is 25.0 Å². The Balaban J connectivity index is 2.21. The van der Waals surface area contributed by atoms with Crippen molar-refractivity contribution in [2.24, 2.45) is 0 Å². The molecule has 0 saturated heterocycles. The fraction of sp³-hybridized carbons (Fsp3) is 0.176. The monoisotopic (exact) mass is 366 g/mol. The van der Waals surface area contributed by atoms with Crippen LogP contribution in [0.4, 0.5) is 5.69 Å². The van der Waals surface area contributed by atoms with Crippen LogP contribution in [0.15, 0.2) is 42.5 Å². The molecule has 24 heavy (non-hydrogen) atoms. The zero-order valence-corrected chi connectivity index (χ0v) is 14.4. The molecule has 0 heterocycles. The molecule has 0 fully saturated rings. The lowest BCUT2D eigenvalue weighted by atomic mass is 10.0. The van der Waals surface area contributed by atoms with Crippen molar-refractivity contribution in [3.63, 3.8) is 0 Å². The van der Waals surface area contributed by atoms with E-state index in [-0.39, 0.29) is 22.0 Å². The van der Waals surface area contributed by atoms with Gasteiger partial charge in [-0.05, 0) is 29.8 Å². The van der Waals surface area contributed by atoms with Gasteiger partial charge in [0.25, 0.3) is 5.91 Å². The predicted molar refractivity (Wildman–Crippen MR) is 94.3 cm³/mol. The Morgan fingerprint density at radius 1 is 1.12 bits per heavy atom. The van der Waals surface area contributed by atoms with E-state index >= 15 is 0 Å². The second kappa shape index (κ2) is 8.04. The summed E-state index contributed by atoms with van der Waals surface area (Å²) in [5.41, 5.74) is 7.20. The van der Waals surface area contributed by atoms with Gasteiger partial charge in [-0.2, -0.15) is 0 Å². The number of nitrogens with one attached hydrogen (secondary N) is 1. The first-order chi connectivity index (χ1) is 11.4. The van der Waals surface area contributed by atoms with Crippen LogP contribution in [-0.2, 0) is 16.0 Å². The molecule has 0 saturated carbocycles. The topological polar surface area (TPSA) is 81.4 Å². The van der Waals surface area contributed by atoms with Crippen molar-refractivity contribution in [1.82, 2.24) is 5.32 Å². The number of amides is 1. The van der Waals surface area contributed by atoms with Gasteiger partial charge in [0.1, 0.15) is 6.04 Å². The summed E-state index contributed by atoms with van der Waals surface area (Å²) >= 11 is 12.0. The van der Waals surface area contributed by atoms with Gasteiger partial charge in [0.2, 0.25) is 0 Å². The first-order valence-electron chi connectivity index (χ1n) is 7.09. The number of benzene rings is 2. The maximum Gasteiger partial charge on any atom is 0.328 e. The summed E-state index contributed by atoms with van der Waals surface area (Å²) < 4.78 is 4.76. The van der Waals surface area contributed by atoms with E-state index in [1.54, 1.807) is 42.5 Å². The van der Waals surface area contributed by atoms with Crippen LogP contribution in [0.1, 0.15) is 15.9 Å². The minimum Gasteiger partial charge on any atom is -0.467 e. The van der Waals surface area contributed by atoms with Gasteiger partial charge in [0.05, 0.1) is 22.7 Å². The Bertz CT molecular complexity index is 728. The lowest BCUT2D eigenvalue weighted by molar-refractivity contribution is -0.142. The summed E-state index contributed by atoms with van der Waals surface area (Å²) in [6.45, 7) is 0. The fourth-order valence-electron chi connectivity index (χ4n) is 2.17. The Morgan fingerprint density at radius 3 is 2.25 bits per heavy atom.